The zero-order chi connectivity index (χ0) is 15.9. The van der Waals surface area contributed by atoms with Gasteiger partial charge in [-0.1, -0.05) is 29.8 Å². The van der Waals surface area contributed by atoms with Crippen molar-refractivity contribution >= 4 is 5.91 Å². The standard InChI is InChI=1S/C17H24N4O/c1-13-4-7-15(8-5-13)16(21(2)3)12-18-17(22)9-6-14-10-19-20-11-14/h4-5,7-8,10-11,16H,6,9,12H2,1-3H3,(H,18,22)(H,19,20). The Morgan fingerprint density at radius 2 is 2.05 bits per heavy atom. The molecule has 2 N–H and O–H groups in total. The summed E-state index contributed by atoms with van der Waals surface area (Å²) < 4.78 is 0. The summed E-state index contributed by atoms with van der Waals surface area (Å²) in [4.78, 5) is 14.1. The Bertz CT molecular complexity index is 575. The molecule has 0 fully saturated rings. The van der Waals surface area contributed by atoms with E-state index in [4.69, 9.17) is 0 Å². The van der Waals surface area contributed by atoms with Crippen LogP contribution in [-0.4, -0.2) is 41.6 Å². The number of aromatic nitrogens is 2. The predicted octanol–water partition coefficient (Wildman–Crippen LogP) is 2.07. The molecule has 1 heterocycles. The number of likely N-dealkylation sites (N-methyl/N-ethyl adjacent to an activating group) is 1. The number of carbonyl (C=O) groups is 1. The first kappa shape index (κ1) is 16.2. The Kier molecular flexibility index (Phi) is 5.72. The molecule has 0 saturated carbocycles. The molecule has 5 nitrogen and oxygen atoms in total. The summed E-state index contributed by atoms with van der Waals surface area (Å²) in [5.74, 6) is 0.0696. The van der Waals surface area contributed by atoms with Crippen LogP contribution in [0.3, 0.4) is 0 Å². The van der Waals surface area contributed by atoms with E-state index in [1.807, 2.05) is 20.3 Å². The van der Waals surface area contributed by atoms with Gasteiger partial charge in [0.2, 0.25) is 5.91 Å². The highest BCUT2D eigenvalue weighted by Crippen LogP contribution is 2.17. The van der Waals surface area contributed by atoms with Crippen LogP contribution in [0.4, 0.5) is 0 Å². The molecule has 0 aliphatic carbocycles. The van der Waals surface area contributed by atoms with Gasteiger partial charge in [0.15, 0.2) is 0 Å². The van der Waals surface area contributed by atoms with Crippen molar-refractivity contribution in [3.8, 4) is 0 Å². The summed E-state index contributed by atoms with van der Waals surface area (Å²) in [6, 6.07) is 8.63. The second-order valence-electron chi connectivity index (χ2n) is 5.80. The first-order valence-electron chi connectivity index (χ1n) is 7.53. The van der Waals surface area contributed by atoms with Gasteiger partial charge in [0.25, 0.3) is 0 Å². The summed E-state index contributed by atoms with van der Waals surface area (Å²) in [7, 11) is 4.06. The van der Waals surface area contributed by atoms with E-state index >= 15 is 0 Å². The number of benzene rings is 1. The number of nitrogens with zero attached hydrogens (tertiary/aromatic N) is 2. The molecule has 0 spiro atoms. The van der Waals surface area contributed by atoms with Crippen molar-refractivity contribution in [1.82, 2.24) is 20.4 Å². The van der Waals surface area contributed by atoms with Gasteiger partial charge in [0.05, 0.1) is 12.2 Å². The molecule has 1 aromatic heterocycles. The van der Waals surface area contributed by atoms with Crippen LogP contribution in [0.15, 0.2) is 36.7 Å². The molecular formula is C17H24N4O. The van der Waals surface area contributed by atoms with Gasteiger partial charge in [-0.3, -0.25) is 9.89 Å². The molecule has 118 valence electrons. The topological polar surface area (TPSA) is 61.0 Å². The fourth-order valence-electron chi connectivity index (χ4n) is 2.36. The predicted molar refractivity (Wildman–Crippen MR) is 87.5 cm³/mol. The number of carbonyl (C=O) groups excluding carboxylic acids is 1. The van der Waals surface area contributed by atoms with Crippen LogP contribution >= 0.6 is 0 Å². The fraction of sp³-hybridized carbons (Fsp3) is 0.412. The van der Waals surface area contributed by atoms with Crippen molar-refractivity contribution < 1.29 is 4.79 Å². The molecule has 22 heavy (non-hydrogen) atoms. The molecule has 1 unspecified atom stereocenters. The van der Waals surface area contributed by atoms with Crippen LogP contribution in [0.1, 0.15) is 29.2 Å². The van der Waals surface area contributed by atoms with Crippen LogP contribution in [0, 0.1) is 6.92 Å². The average Bonchev–Trinajstić information content (AvgIpc) is 3.00. The lowest BCUT2D eigenvalue weighted by Gasteiger charge is -2.25. The smallest absolute Gasteiger partial charge is 0.220 e. The van der Waals surface area contributed by atoms with Gasteiger partial charge in [-0.25, -0.2) is 0 Å². The highest BCUT2D eigenvalue weighted by Gasteiger charge is 2.15. The summed E-state index contributed by atoms with van der Waals surface area (Å²) in [6.45, 7) is 2.69. The van der Waals surface area contributed by atoms with Crippen molar-refractivity contribution in [1.29, 1.82) is 0 Å². The van der Waals surface area contributed by atoms with Crippen LogP contribution < -0.4 is 5.32 Å². The molecule has 1 atom stereocenters. The van der Waals surface area contributed by atoms with Gasteiger partial charge in [-0.05, 0) is 38.6 Å². The van der Waals surface area contributed by atoms with E-state index in [1.165, 1.54) is 11.1 Å². The molecule has 2 rings (SSSR count). The number of rotatable bonds is 7. The lowest BCUT2D eigenvalue weighted by atomic mass is 10.0. The maximum absolute atomic E-state index is 12.0. The Morgan fingerprint density at radius 3 is 2.64 bits per heavy atom. The summed E-state index contributed by atoms with van der Waals surface area (Å²) in [6.07, 6.45) is 4.76. The van der Waals surface area contributed by atoms with E-state index in [0.29, 0.717) is 19.4 Å². The molecule has 1 aromatic carbocycles. The highest BCUT2D eigenvalue weighted by atomic mass is 16.1. The molecule has 0 radical (unpaired) electrons. The van der Waals surface area contributed by atoms with E-state index in [-0.39, 0.29) is 11.9 Å². The normalized spacial score (nSPS) is 12.4. The largest absolute Gasteiger partial charge is 0.354 e. The van der Waals surface area contributed by atoms with Crippen molar-refractivity contribution in [2.75, 3.05) is 20.6 Å². The number of aryl methyl sites for hydroxylation is 2. The van der Waals surface area contributed by atoms with Crippen molar-refractivity contribution in [2.45, 2.75) is 25.8 Å². The van der Waals surface area contributed by atoms with E-state index in [0.717, 1.165) is 5.56 Å². The lowest BCUT2D eigenvalue weighted by molar-refractivity contribution is -0.121. The first-order chi connectivity index (χ1) is 10.6. The van der Waals surface area contributed by atoms with Gasteiger partial charge in [-0.2, -0.15) is 5.10 Å². The summed E-state index contributed by atoms with van der Waals surface area (Å²) in [5, 5.41) is 9.67. The number of nitrogens with one attached hydrogen (secondary N) is 2. The number of hydrogen-bond donors (Lipinski definition) is 2. The quantitative estimate of drug-likeness (QED) is 0.823. The van der Waals surface area contributed by atoms with E-state index in [1.54, 1.807) is 6.20 Å². The van der Waals surface area contributed by atoms with Crippen LogP contribution in [-0.2, 0) is 11.2 Å². The van der Waals surface area contributed by atoms with Crippen LogP contribution in [0.5, 0.6) is 0 Å². The lowest BCUT2D eigenvalue weighted by Crippen LogP contribution is -2.34. The number of H-pyrrole nitrogens is 1. The van der Waals surface area contributed by atoms with Crippen molar-refractivity contribution in [3.63, 3.8) is 0 Å². The van der Waals surface area contributed by atoms with Gasteiger partial charge in [0.1, 0.15) is 0 Å². The SMILES string of the molecule is Cc1ccc(C(CNC(=O)CCc2cn[nH]c2)N(C)C)cc1. The Balaban J connectivity index is 1.86. The van der Waals surface area contributed by atoms with Crippen LogP contribution in [0.2, 0.25) is 0 Å². The third kappa shape index (κ3) is 4.70. The molecule has 2 aromatic rings. The van der Waals surface area contributed by atoms with Gasteiger partial charge in [0, 0.05) is 19.2 Å². The van der Waals surface area contributed by atoms with Gasteiger partial charge >= 0.3 is 0 Å². The maximum Gasteiger partial charge on any atom is 0.220 e. The van der Waals surface area contributed by atoms with Crippen molar-refractivity contribution in [2.24, 2.45) is 0 Å². The maximum atomic E-state index is 12.0. The minimum absolute atomic E-state index is 0.0696. The Morgan fingerprint density at radius 1 is 1.32 bits per heavy atom. The number of aromatic amines is 1. The van der Waals surface area contributed by atoms with E-state index in [9.17, 15) is 4.79 Å². The van der Waals surface area contributed by atoms with E-state index in [2.05, 4.69) is 51.6 Å². The monoisotopic (exact) mass is 300 g/mol. The fourth-order valence-corrected chi connectivity index (χ4v) is 2.36. The van der Waals surface area contributed by atoms with Gasteiger partial charge < -0.3 is 10.2 Å². The molecule has 0 aliphatic heterocycles. The van der Waals surface area contributed by atoms with Gasteiger partial charge in [-0.15, -0.1) is 0 Å². The van der Waals surface area contributed by atoms with Crippen LogP contribution in [0.25, 0.3) is 0 Å². The highest BCUT2D eigenvalue weighted by molar-refractivity contribution is 5.76. The minimum atomic E-state index is 0.0696. The number of hydrogen-bond acceptors (Lipinski definition) is 3. The van der Waals surface area contributed by atoms with E-state index < -0.39 is 0 Å². The minimum Gasteiger partial charge on any atom is -0.354 e. The second-order valence-corrected chi connectivity index (χ2v) is 5.80. The molecule has 0 bridgehead atoms. The van der Waals surface area contributed by atoms with Crippen molar-refractivity contribution in [3.05, 3.63) is 53.3 Å². The first-order valence-corrected chi connectivity index (χ1v) is 7.53. The summed E-state index contributed by atoms with van der Waals surface area (Å²) >= 11 is 0. The Labute approximate surface area is 131 Å². The Hall–Kier alpha value is -2.14. The molecule has 0 aliphatic rings. The third-order valence-electron chi connectivity index (χ3n) is 3.77. The molecule has 0 saturated heterocycles. The number of amides is 1. The second kappa shape index (κ2) is 7.75. The zero-order valence-corrected chi connectivity index (χ0v) is 13.5. The molecule has 5 heteroatoms. The zero-order valence-electron chi connectivity index (χ0n) is 13.5. The summed E-state index contributed by atoms with van der Waals surface area (Å²) in [5.41, 5.74) is 3.51. The molecule has 1 amide bonds. The molecular weight excluding hydrogens is 276 g/mol. The third-order valence-corrected chi connectivity index (χ3v) is 3.77. The average molecular weight is 300 g/mol.